The summed E-state index contributed by atoms with van der Waals surface area (Å²) in [5.74, 6) is 1.05. The van der Waals surface area contributed by atoms with Crippen LogP contribution in [0.1, 0.15) is 16.2 Å². The minimum absolute atomic E-state index is 0.226. The maximum atomic E-state index is 12.1. The Bertz CT molecular complexity index is 776. The molecule has 0 saturated heterocycles. The number of benzene rings is 1. The van der Waals surface area contributed by atoms with Gasteiger partial charge in [0.25, 0.3) is 5.91 Å². The zero-order valence-electron chi connectivity index (χ0n) is 10.8. The molecule has 3 rings (SSSR count). The maximum absolute atomic E-state index is 12.1. The molecular weight excluding hydrogens is 254 g/mol. The van der Waals surface area contributed by atoms with Crippen LogP contribution < -0.4 is 11.1 Å². The van der Waals surface area contributed by atoms with Gasteiger partial charge in [-0.1, -0.05) is 0 Å². The highest BCUT2D eigenvalue weighted by atomic mass is 16.1. The van der Waals surface area contributed by atoms with Gasteiger partial charge in [0.05, 0.1) is 22.9 Å². The molecule has 0 aliphatic heterocycles. The molecule has 0 aliphatic carbocycles. The van der Waals surface area contributed by atoms with Crippen LogP contribution in [-0.2, 0) is 0 Å². The number of pyridine rings is 1. The van der Waals surface area contributed by atoms with E-state index in [1.54, 1.807) is 24.3 Å². The highest BCUT2D eigenvalue weighted by Gasteiger charge is 2.09. The van der Waals surface area contributed by atoms with Crippen molar-refractivity contribution in [3.63, 3.8) is 0 Å². The zero-order chi connectivity index (χ0) is 14.1. The number of aromatic nitrogens is 3. The van der Waals surface area contributed by atoms with E-state index in [4.69, 9.17) is 5.73 Å². The quantitative estimate of drug-likeness (QED) is 0.662. The topological polar surface area (TPSA) is 96.7 Å². The van der Waals surface area contributed by atoms with Gasteiger partial charge >= 0.3 is 0 Å². The van der Waals surface area contributed by atoms with Crippen LogP contribution in [0.15, 0.2) is 36.5 Å². The smallest absolute Gasteiger partial charge is 0.256 e. The number of carbonyl (C=O) groups is 1. The number of anilines is 2. The maximum Gasteiger partial charge on any atom is 0.256 e. The highest BCUT2D eigenvalue weighted by Crippen LogP contribution is 2.15. The number of aryl methyl sites for hydroxylation is 1. The SMILES string of the molecule is Cc1nc2ccc(C(=O)Nc3ccc(N)cn3)cc2[nH]1. The van der Waals surface area contributed by atoms with Crippen LogP contribution in [0, 0.1) is 6.92 Å². The van der Waals surface area contributed by atoms with Crippen LogP contribution in [0.2, 0.25) is 0 Å². The Balaban J connectivity index is 1.86. The van der Waals surface area contributed by atoms with Crippen molar-refractivity contribution >= 4 is 28.4 Å². The predicted molar refractivity (Wildman–Crippen MR) is 77.4 cm³/mol. The van der Waals surface area contributed by atoms with E-state index in [-0.39, 0.29) is 5.91 Å². The van der Waals surface area contributed by atoms with Gasteiger partial charge in [0, 0.05) is 5.56 Å². The normalized spacial score (nSPS) is 10.7. The fourth-order valence-electron chi connectivity index (χ4n) is 1.95. The summed E-state index contributed by atoms with van der Waals surface area (Å²) in [6.45, 7) is 1.87. The van der Waals surface area contributed by atoms with Gasteiger partial charge in [0.2, 0.25) is 0 Å². The van der Waals surface area contributed by atoms with Crippen LogP contribution >= 0.6 is 0 Å². The molecule has 3 aromatic rings. The lowest BCUT2D eigenvalue weighted by Crippen LogP contribution is -2.12. The molecule has 0 saturated carbocycles. The number of imidazole rings is 1. The molecule has 1 amide bonds. The molecular formula is C14H13N5O. The zero-order valence-corrected chi connectivity index (χ0v) is 10.8. The Labute approximate surface area is 115 Å². The van der Waals surface area contributed by atoms with Crippen molar-refractivity contribution in [3.8, 4) is 0 Å². The van der Waals surface area contributed by atoms with Crippen molar-refractivity contribution in [2.24, 2.45) is 0 Å². The molecule has 2 aromatic heterocycles. The standard InChI is InChI=1S/C14H13N5O/c1-8-17-11-4-2-9(6-12(11)18-8)14(20)19-13-5-3-10(15)7-16-13/h2-7H,15H2,1H3,(H,17,18)(H,16,19,20). The minimum atomic E-state index is -0.226. The van der Waals surface area contributed by atoms with Gasteiger partial charge in [-0.3, -0.25) is 4.79 Å². The van der Waals surface area contributed by atoms with E-state index in [1.165, 1.54) is 6.20 Å². The van der Waals surface area contributed by atoms with Crippen molar-refractivity contribution in [3.05, 3.63) is 47.9 Å². The second kappa shape index (κ2) is 4.65. The van der Waals surface area contributed by atoms with E-state index in [0.29, 0.717) is 17.1 Å². The van der Waals surface area contributed by atoms with E-state index in [1.807, 2.05) is 13.0 Å². The van der Waals surface area contributed by atoms with E-state index >= 15 is 0 Å². The van der Waals surface area contributed by atoms with Gasteiger partial charge in [-0.15, -0.1) is 0 Å². The molecule has 2 heterocycles. The number of nitrogens with zero attached hydrogens (tertiary/aromatic N) is 2. The first-order valence-electron chi connectivity index (χ1n) is 6.11. The molecule has 6 nitrogen and oxygen atoms in total. The highest BCUT2D eigenvalue weighted by molar-refractivity contribution is 6.05. The molecule has 100 valence electrons. The number of nitrogens with two attached hydrogens (primary N) is 1. The van der Waals surface area contributed by atoms with Gasteiger partial charge in [0.15, 0.2) is 0 Å². The van der Waals surface area contributed by atoms with Gasteiger partial charge < -0.3 is 16.0 Å². The average Bonchev–Trinajstić information content (AvgIpc) is 2.80. The summed E-state index contributed by atoms with van der Waals surface area (Å²) in [6.07, 6.45) is 1.50. The lowest BCUT2D eigenvalue weighted by Gasteiger charge is -2.04. The monoisotopic (exact) mass is 267 g/mol. The molecule has 0 aliphatic rings. The summed E-state index contributed by atoms with van der Waals surface area (Å²) in [7, 11) is 0. The molecule has 0 unspecified atom stereocenters. The Morgan fingerprint density at radius 3 is 2.90 bits per heavy atom. The third-order valence-corrected chi connectivity index (χ3v) is 2.89. The number of rotatable bonds is 2. The molecule has 4 N–H and O–H groups in total. The second-order valence-electron chi connectivity index (χ2n) is 4.49. The predicted octanol–water partition coefficient (Wildman–Crippen LogP) is 2.10. The summed E-state index contributed by atoms with van der Waals surface area (Å²) >= 11 is 0. The molecule has 0 fully saturated rings. The first-order valence-corrected chi connectivity index (χ1v) is 6.11. The van der Waals surface area contributed by atoms with Crippen LogP contribution in [0.25, 0.3) is 11.0 Å². The number of H-pyrrole nitrogens is 1. The van der Waals surface area contributed by atoms with E-state index in [0.717, 1.165) is 16.9 Å². The van der Waals surface area contributed by atoms with Crippen LogP contribution in [-0.4, -0.2) is 20.9 Å². The number of carbonyl (C=O) groups excluding carboxylic acids is 1. The van der Waals surface area contributed by atoms with Crippen LogP contribution in [0.5, 0.6) is 0 Å². The number of nitrogen functional groups attached to an aromatic ring is 1. The Morgan fingerprint density at radius 2 is 2.15 bits per heavy atom. The Hall–Kier alpha value is -2.89. The van der Waals surface area contributed by atoms with Crippen molar-refractivity contribution in [1.29, 1.82) is 0 Å². The third kappa shape index (κ3) is 2.31. The summed E-state index contributed by atoms with van der Waals surface area (Å²) in [5.41, 5.74) is 8.31. The Kier molecular flexibility index (Phi) is 2.83. The summed E-state index contributed by atoms with van der Waals surface area (Å²) < 4.78 is 0. The Morgan fingerprint density at radius 1 is 1.30 bits per heavy atom. The second-order valence-corrected chi connectivity index (χ2v) is 4.49. The summed E-state index contributed by atoms with van der Waals surface area (Å²) in [4.78, 5) is 23.6. The summed E-state index contributed by atoms with van der Waals surface area (Å²) in [5, 5.41) is 2.72. The van der Waals surface area contributed by atoms with Gasteiger partial charge in [0.1, 0.15) is 11.6 Å². The molecule has 0 bridgehead atoms. The fraction of sp³-hybridized carbons (Fsp3) is 0.0714. The summed E-state index contributed by atoms with van der Waals surface area (Å²) in [6, 6.07) is 8.65. The van der Waals surface area contributed by atoms with E-state index < -0.39 is 0 Å². The van der Waals surface area contributed by atoms with Crippen molar-refractivity contribution < 1.29 is 4.79 Å². The molecule has 20 heavy (non-hydrogen) atoms. The largest absolute Gasteiger partial charge is 0.397 e. The lowest BCUT2D eigenvalue weighted by molar-refractivity contribution is 0.102. The number of hydrogen-bond acceptors (Lipinski definition) is 4. The number of hydrogen-bond donors (Lipinski definition) is 3. The number of amides is 1. The molecule has 0 spiro atoms. The lowest BCUT2D eigenvalue weighted by atomic mass is 10.2. The van der Waals surface area contributed by atoms with E-state index in [9.17, 15) is 4.79 Å². The minimum Gasteiger partial charge on any atom is -0.397 e. The van der Waals surface area contributed by atoms with Crippen molar-refractivity contribution in [2.45, 2.75) is 6.92 Å². The van der Waals surface area contributed by atoms with Gasteiger partial charge in [-0.25, -0.2) is 9.97 Å². The number of nitrogens with one attached hydrogen (secondary N) is 2. The first-order chi connectivity index (χ1) is 9.61. The molecule has 0 radical (unpaired) electrons. The molecule has 1 aromatic carbocycles. The fourth-order valence-corrected chi connectivity index (χ4v) is 1.95. The van der Waals surface area contributed by atoms with E-state index in [2.05, 4.69) is 20.3 Å². The molecule has 6 heteroatoms. The van der Waals surface area contributed by atoms with Crippen molar-refractivity contribution in [1.82, 2.24) is 15.0 Å². The number of fused-ring (bicyclic) bond motifs is 1. The van der Waals surface area contributed by atoms with Crippen LogP contribution in [0.3, 0.4) is 0 Å². The third-order valence-electron chi connectivity index (χ3n) is 2.89. The first kappa shape index (κ1) is 12.2. The van der Waals surface area contributed by atoms with Crippen LogP contribution in [0.4, 0.5) is 11.5 Å². The molecule has 0 atom stereocenters. The average molecular weight is 267 g/mol. The van der Waals surface area contributed by atoms with Gasteiger partial charge in [-0.2, -0.15) is 0 Å². The number of aromatic amines is 1. The van der Waals surface area contributed by atoms with Crippen molar-refractivity contribution in [2.75, 3.05) is 11.1 Å². The van der Waals surface area contributed by atoms with Gasteiger partial charge in [-0.05, 0) is 37.3 Å².